The monoisotopic (exact) mass is 361 g/mol. The SMILES string of the molecule is CCN(CC(=O)NCc1ccc(F)cc1)C(=O)CSc1ccccn1. The second-order valence-electron chi connectivity index (χ2n) is 5.27. The number of hydrogen-bond donors (Lipinski definition) is 1. The molecule has 0 aliphatic rings. The number of nitrogens with one attached hydrogen (secondary N) is 1. The van der Waals surface area contributed by atoms with Gasteiger partial charge in [-0.25, -0.2) is 9.37 Å². The molecular weight excluding hydrogens is 341 g/mol. The van der Waals surface area contributed by atoms with Gasteiger partial charge in [0.1, 0.15) is 5.82 Å². The maximum absolute atomic E-state index is 12.8. The van der Waals surface area contributed by atoms with E-state index in [0.717, 1.165) is 10.6 Å². The Morgan fingerprint density at radius 3 is 2.60 bits per heavy atom. The molecule has 0 fully saturated rings. The van der Waals surface area contributed by atoms with Crippen LogP contribution in [0.25, 0.3) is 0 Å². The molecule has 2 aromatic rings. The summed E-state index contributed by atoms with van der Waals surface area (Å²) in [4.78, 5) is 29.9. The molecular formula is C18H20FN3O2S. The van der Waals surface area contributed by atoms with E-state index in [1.807, 2.05) is 25.1 Å². The molecule has 0 saturated heterocycles. The summed E-state index contributed by atoms with van der Waals surface area (Å²) >= 11 is 1.34. The Morgan fingerprint density at radius 2 is 1.96 bits per heavy atom. The molecule has 0 aliphatic heterocycles. The molecule has 2 rings (SSSR count). The minimum atomic E-state index is -0.316. The van der Waals surface area contributed by atoms with Crippen LogP contribution in [0, 0.1) is 5.82 Å². The van der Waals surface area contributed by atoms with Crippen LogP contribution in [0.1, 0.15) is 12.5 Å². The summed E-state index contributed by atoms with van der Waals surface area (Å²) in [6, 6.07) is 11.4. The van der Waals surface area contributed by atoms with Gasteiger partial charge >= 0.3 is 0 Å². The summed E-state index contributed by atoms with van der Waals surface area (Å²) in [5.41, 5.74) is 0.801. The first kappa shape index (κ1) is 18.9. The number of aromatic nitrogens is 1. The van der Waals surface area contributed by atoms with E-state index in [4.69, 9.17) is 0 Å². The highest BCUT2D eigenvalue weighted by atomic mass is 32.2. The van der Waals surface area contributed by atoms with Gasteiger partial charge in [-0.15, -0.1) is 0 Å². The number of carbonyl (C=O) groups is 2. The predicted octanol–water partition coefficient (Wildman–Crippen LogP) is 2.48. The normalized spacial score (nSPS) is 10.3. The molecule has 1 heterocycles. The number of pyridine rings is 1. The smallest absolute Gasteiger partial charge is 0.239 e. The van der Waals surface area contributed by atoms with Gasteiger partial charge in [-0.05, 0) is 36.8 Å². The first-order valence-electron chi connectivity index (χ1n) is 7.91. The van der Waals surface area contributed by atoms with Crippen molar-refractivity contribution >= 4 is 23.6 Å². The lowest BCUT2D eigenvalue weighted by molar-refractivity contribution is -0.133. The van der Waals surface area contributed by atoms with E-state index >= 15 is 0 Å². The number of amides is 2. The highest BCUT2D eigenvalue weighted by Gasteiger charge is 2.15. The Morgan fingerprint density at radius 1 is 1.20 bits per heavy atom. The summed E-state index contributed by atoms with van der Waals surface area (Å²) in [6.45, 7) is 2.58. The number of benzene rings is 1. The topological polar surface area (TPSA) is 62.3 Å². The van der Waals surface area contributed by atoms with Crippen LogP contribution in [0.2, 0.25) is 0 Å². The van der Waals surface area contributed by atoms with Crippen LogP contribution in [-0.2, 0) is 16.1 Å². The van der Waals surface area contributed by atoms with E-state index in [-0.39, 0.29) is 29.9 Å². The first-order valence-corrected chi connectivity index (χ1v) is 8.89. The molecule has 25 heavy (non-hydrogen) atoms. The van der Waals surface area contributed by atoms with Crippen LogP contribution < -0.4 is 5.32 Å². The summed E-state index contributed by atoms with van der Waals surface area (Å²) in [5.74, 6) is -0.448. The van der Waals surface area contributed by atoms with E-state index in [9.17, 15) is 14.0 Å². The Bertz CT molecular complexity index is 695. The molecule has 0 atom stereocenters. The minimum absolute atomic E-state index is 0.000688. The number of nitrogens with zero attached hydrogens (tertiary/aromatic N) is 2. The zero-order valence-corrected chi connectivity index (χ0v) is 14.8. The number of halogens is 1. The summed E-state index contributed by atoms with van der Waals surface area (Å²) in [7, 11) is 0. The lowest BCUT2D eigenvalue weighted by atomic mass is 10.2. The molecule has 1 aromatic carbocycles. The summed E-state index contributed by atoms with van der Waals surface area (Å²) in [6.07, 6.45) is 1.67. The van der Waals surface area contributed by atoms with Crippen molar-refractivity contribution in [2.75, 3.05) is 18.8 Å². The fourth-order valence-corrected chi connectivity index (χ4v) is 2.83. The van der Waals surface area contributed by atoms with Crippen molar-refractivity contribution in [1.82, 2.24) is 15.2 Å². The van der Waals surface area contributed by atoms with Crippen molar-refractivity contribution in [3.63, 3.8) is 0 Å². The van der Waals surface area contributed by atoms with Gasteiger partial charge in [0, 0.05) is 19.3 Å². The van der Waals surface area contributed by atoms with E-state index in [1.165, 1.54) is 28.8 Å². The van der Waals surface area contributed by atoms with Gasteiger partial charge in [0.2, 0.25) is 11.8 Å². The summed E-state index contributed by atoms with van der Waals surface area (Å²) < 4.78 is 12.8. The highest BCUT2D eigenvalue weighted by Crippen LogP contribution is 2.14. The van der Waals surface area contributed by atoms with E-state index in [1.54, 1.807) is 18.3 Å². The number of carbonyl (C=O) groups excluding carboxylic acids is 2. The number of rotatable bonds is 8. The Balaban J connectivity index is 1.78. The first-order chi connectivity index (χ1) is 12.1. The molecule has 0 bridgehead atoms. The van der Waals surface area contributed by atoms with Crippen LogP contribution in [-0.4, -0.2) is 40.5 Å². The molecule has 1 aromatic heterocycles. The predicted molar refractivity (Wildman–Crippen MR) is 95.5 cm³/mol. The van der Waals surface area contributed by atoms with Gasteiger partial charge in [0.15, 0.2) is 0 Å². The minimum Gasteiger partial charge on any atom is -0.350 e. The molecule has 1 N–H and O–H groups in total. The summed E-state index contributed by atoms with van der Waals surface area (Å²) in [5, 5.41) is 3.51. The Hall–Kier alpha value is -2.41. The lowest BCUT2D eigenvalue weighted by Crippen LogP contribution is -2.41. The number of hydrogen-bond acceptors (Lipinski definition) is 4. The zero-order chi connectivity index (χ0) is 18.1. The van der Waals surface area contributed by atoms with Gasteiger partial charge in [-0.3, -0.25) is 9.59 Å². The largest absolute Gasteiger partial charge is 0.350 e. The van der Waals surface area contributed by atoms with Crippen molar-refractivity contribution in [3.05, 3.63) is 60.0 Å². The maximum Gasteiger partial charge on any atom is 0.239 e. The van der Waals surface area contributed by atoms with Crippen LogP contribution in [0.15, 0.2) is 53.7 Å². The average Bonchev–Trinajstić information content (AvgIpc) is 2.64. The third-order valence-electron chi connectivity index (χ3n) is 3.45. The van der Waals surface area contributed by atoms with Crippen LogP contribution in [0.5, 0.6) is 0 Å². The van der Waals surface area contributed by atoms with Crippen molar-refractivity contribution in [3.8, 4) is 0 Å². The van der Waals surface area contributed by atoms with Crippen LogP contribution in [0.3, 0.4) is 0 Å². The maximum atomic E-state index is 12.8. The Kier molecular flexibility index (Phi) is 7.40. The van der Waals surface area contributed by atoms with Gasteiger partial charge in [0.05, 0.1) is 17.3 Å². The average molecular weight is 361 g/mol. The third kappa shape index (κ3) is 6.54. The molecule has 5 nitrogen and oxygen atoms in total. The van der Waals surface area contributed by atoms with Gasteiger partial charge < -0.3 is 10.2 Å². The molecule has 7 heteroatoms. The van der Waals surface area contributed by atoms with Crippen molar-refractivity contribution in [2.45, 2.75) is 18.5 Å². The van der Waals surface area contributed by atoms with Crippen molar-refractivity contribution < 1.29 is 14.0 Å². The third-order valence-corrected chi connectivity index (χ3v) is 4.38. The fraction of sp³-hybridized carbons (Fsp3) is 0.278. The quantitative estimate of drug-likeness (QED) is 0.734. The van der Waals surface area contributed by atoms with E-state index in [0.29, 0.717) is 13.1 Å². The fourth-order valence-electron chi connectivity index (χ4n) is 2.07. The lowest BCUT2D eigenvalue weighted by Gasteiger charge is -2.20. The van der Waals surface area contributed by atoms with Crippen molar-refractivity contribution in [1.29, 1.82) is 0 Å². The molecule has 2 amide bonds. The number of likely N-dealkylation sites (N-methyl/N-ethyl adjacent to an activating group) is 1. The molecule has 0 radical (unpaired) electrons. The molecule has 0 unspecified atom stereocenters. The second kappa shape index (κ2) is 9.78. The van der Waals surface area contributed by atoms with Gasteiger partial charge in [0.25, 0.3) is 0 Å². The van der Waals surface area contributed by atoms with E-state index < -0.39 is 0 Å². The standard InChI is InChI=1S/C18H20FN3O2S/c1-2-22(18(24)13-25-17-5-3-4-10-20-17)12-16(23)21-11-14-6-8-15(19)9-7-14/h3-10H,2,11-13H2,1H3,(H,21,23). The molecule has 0 spiro atoms. The van der Waals surface area contributed by atoms with Crippen molar-refractivity contribution in [2.24, 2.45) is 0 Å². The second-order valence-corrected chi connectivity index (χ2v) is 6.26. The van der Waals surface area contributed by atoms with E-state index in [2.05, 4.69) is 10.3 Å². The van der Waals surface area contributed by atoms with Crippen LogP contribution >= 0.6 is 11.8 Å². The molecule has 132 valence electrons. The van der Waals surface area contributed by atoms with Gasteiger partial charge in [-0.2, -0.15) is 0 Å². The molecule has 0 saturated carbocycles. The Labute approximate surface area is 150 Å². The van der Waals surface area contributed by atoms with Crippen LogP contribution in [0.4, 0.5) is 4.39 Å². The number of thioether (sulfide) groups is 1. The van der Waals surface area contributed by atoms with Gasteiger partial charge in [-0.1, -0.05) is 30.0 Å². The zero-order valence-electron chi connectivity index (χ0n) is 13.9. The highest BCUT2D eigenvalue weighted by molar-refractivity contribution is 7.99. The molecule has 0 aliphatic carbocycles.